The molecule has 0 radical (unpaired) electrons. The topological polar surface area (TPSA) is 50.1 Å². The van der Waals surface area contributed by atoms with E-state index in [0.717, 1.165) is 5.56 Å². The average Bonchev–Trinajstić information content (AvgIpc) is 2.22. The molecule has 0 spiro atoms. The number of nitrogens with zero attached hydrogens (tertiary/aromatic N) is 1. The molecule has 0 aliphatic carbocycles. The highest BCUT2D eigenvalue weighted by Gasteiger charge is 2.11. The fraction of sp³-hybridized carbons (Fsp3) is 0.273. The third-order valence-electron chi connectivity index (χ3n) is 2.10. The molecule has 0 bridgehead atoms. The normalized spacial score (nSPS) is 9.47. The third kappa shape index (κ3) is 2.71. The van der Waals surface area contributed by atoms with E-state index in [1.807, 2.05) is 13.0 Å². The first-order valence-electron chi connectivity index (χ1n) is 4.34. The Hall–Kier alpha value is -1.53. The van der Waals surface area contributed by atoms with E-state index in [4.69, 9.17) is 16.9 Å². The second-order valence-electron chi connectivity index (χ2n) is 3.12. The molecule has 0 atom stereocenters. The van der Waals surface area contributed by atoms with Crippen LogP contribution in [-0.4, -0.2) is 13.1 Å². The highest BCUT2D eigenvalue weighted by molar-refractivity contribution is 6.31. The van der Waals surface area contributed by atoms with Gasteiger partial charge in [0, 0.05) is 5.02 Å². The van der Waals surface area contributed by atoms with Crippen molar-refractivity contribution in [1.82, 2.24) is 0 Å². The van der Waals surface area contributed by atoms with Gasteiger partial charge in [0.15, 0.2) is 0 Å². The number of nitriles is 1. The molecule has 0 amide bonds. The largest absolute Gasteiger partial charge is 0.469 e. The lowest BCUT2D eigenvalue weighted by molar-refractivity contribution is -0.139. The van der Waals surface area contributed by atoms with E-state index in [-0.39, 0.29) is 12.4 Å². The van der Waals surface area contributed by atoms with Crippen LogP contribution in [0.4, 0.5) is 0 Å². The molecule has 0 unspecified atom stereocenters. The Kier molecular flexibility index (Phi) is 3.70. The molecule has 3 nitrogen and oxygen atoms in total. The Bertz CT molecular complexity index is 412. The summed E-state index contributed by atoms with van der Waals surface area (Å²) < 4.78 is 4.56. The van der Waals surface area contributed by atoms with Crippen molar-refractivity contribution in [3.05, 3.63) is 33.8 Å². The number of esters is 1. The van der Waals surface area contributed by atoms with Crippen molar-refractivity contribution in [3.63, 3.8) is 0 Å². The van der Waals surface area contributed by atoms with Crippen LogP contribution in [0.25, 0.3) is 0 Å². The van der Waals surface area contributed by atoms with Gasteiger partial charge in [0.25, 0.3) is 0 Å². The fourth-order valence-electron chi connectivity index (χ4n) is 1.28. The summed E-state index contributed by atoms with van der Waals surface area (Å²) in [4.78, 5) is 11.1. The van der Waals surface area contributed by atoms with Crippen LogP contribution >= 0.6 is 11.6 Å². The van der Waals surface area contributed by atoms with Gasteiger partial charge in [-0.2, -0.15) is 5.26 Å². The SMILES string of the molecule is COC(=O)Cc1c(C)cc(C#N)cc1Cl. The quantitative estimate of drug-likeness (QED) is 0.723. The smallest absolute Gasteiger partial charge is 0.310 e. The van der Waals surface area contributed by atoms with Crippen molar-refractivity contribution in [3.8, 4) is 6.07 Å². The predicted octanol–water partition coefficient (Wildman–Crippen LogP) is 2.24. The van der Waals surface area contributed by atoms with Crippen LogP contribution in [0.2, 0.25) is 5.02 Å². The van der Waals surface area contributed by atoms with Gasteiger partial charge in [-0.15, -0.1) is 0 Å². The number of ether oxygens (including phenoxy) is 1. The molecule has 0 saturated heterocycles. The number of rotatable bonds is 2. The third-order valence-corrected chi connectivity index (χ3v) is 2.43. The summed E-state index contributed by atoms with van der Waals surface area (Å²) >= 11 is 5.96. The summed E-state index contributed by atoms with van der Waals surface area (Å²) in [5.74, 6) is -0.343. The number of methoxy groups -OCH3 is 1. The first-order valence-corrected chi connectivity index (χ1v) is 4.72. The van der Waals surface area contributed by atoms with E-state index in [1.165, 1.54) is 7.11 Å². The number of benzene rings is 1. The molecular formula is C11H10ClNO2. The van der Waals surface area contributed by atoms with E-state index >= 15 is 0 Å². The highest BCUT2D eigenvalue weighted by Crippen LogP contribution is 2.22. The molecule has 0 heterocycles. The van der Waals surface area contributed by atoms with E-state index in [9.17, 15) is 4.79 Å². The zero-order valence-electron chi connectivity index (χ0n) is 8.50. The minimum Gasteiger partial charge on any atom is -0.469 e. The van der Waals surface area contributed by atoms with E-state index < -0.39 is 0 Å². The van der Waals surface area contributed by atoms with Crippen LogP contribution in [0.5, 0.6) is 0 Å². The number of carbonyl (C=O) groups is 1. The molecule has 15 heavy (non-hydrogen) atoms. The summed E-state index contributed by atoms with van der Waals surface area (Å²) in [6.45, 7) is 1.81. The zero-order valence-corrected chi connectivity index (χ0v) is 9.26. The van der Waals surface area contributed by atoms with Gasteiger partial charge in [0.1, 0.15) is 0 Å². The minimum atomic E-state index is -0.343. The van der Waals surface area contributed by atoms with Crippen LogP contribution < -0.4 is 0 Å². The van der Waals surface area contributed by atoms with Gasteiger partial charge in [-0.25, -0.2) is 0 Å². The molecule has 0 fully saturated rings. The first-order chi connectivity index (χ1) is 7.08. The van der Waals surface area contributed by atoms with Gasteiger partial charge in [0.2, 0.25) is 0 Å². The average molecular weight is 224 g/mol. The second-order valence-corrected chi connectivity index (χ2v) is 3.53. The van der Waals surface area contributed by atoms with Crippen molar-refractivity contribution in [2.45, 2.75) is 13.3 Å². The number of carbonyl (C=O) groups excluding carboxylic acids is 1. The number of aryl methyl sites for hydroxylation is 1. The molecule has 0 aliphatic heterocycles. The van der Waals surface area contributed by atoms with Gasteiger partial charge in [-0.05, 0) is 30.2 Å². The van der Waals surface area contributed by atoms with Gasteiger partial charge in [0.05, 0.1) is 25.2 Å². The predicted molar refractivity (Wildman–Crippen MR) is 56.6 cm³/mol. The Morgan fingerprint density at radius 1 is 1.60 bits per heavy atom. The maximum Gasteiger partial charge on any atom is 0.310 e. The van der Waals surface area contributed by atoms with Gasteiger partial charge in [-0.1, -0.05) is 11.6 Å². The lowest BCUT2D eigenvalue weighted by Crippen LogP contribution is -2.06. The summed E-state index contributed by atoms with van der Waals surface area (Å²) in [6.07, 6.45) is 0.132. The highest BCUT2D eigenvalue weighted by atomic mass is 35.5. The summed E-state index contributed by atoms with van der Waals surface area (Å²) in [5, 5.41) is 9.13. The lowest BCUT2D eigenvalue weighted by Gasteiger charge is -2.07. The minimum absolute atomic E-state index is 0.132. The Labute approximate surface area is 93.2 Å². The van der Waals surface area contributed by atoms with Crippen LogP contribution in [-0.2, 0) is 16.0 Å². The van der Waals surface area contributed by atoms with Gasteiger partial charge in [-0.3, -0.25) is 4.79 Å². The van der Waals surface area contributed by atoms with Gasteiger partial charge < -0.3 is 4.74 Å². The fourth-order valence-corrected chi connectivity index (χ4v) is 1.61. The molecule has 0 aromatic heterocycles. The molecule has 78 valence electrons. The zero-order chi connectivity index (χ0) is 11.4. The molecular weight excluding hydrogens is 214 g/mol. The number of hydrogen-bond acceptors (Lipinski definition) is 3. The summed E-state index contributed by atoms with van der Waals surface area (Å²) in [7, 11) is 1.33. The molecule has 1 aromatic carbocycles. The van der Waals surface area contributed by atoms with Crippen LogP contribution in [0.1, 0.15) is 16.7 Å². The van der Waals surface area contributed by atoms with Crippen LogP contribution in [0.15, 0.2) is 12.1 Å². The van der Waals surface area contributed by atoms with Crippen molar-refractivity contribution in [2.24, 2.45) is 0 Å². The summed E-state index contributed by atoms with van der Waals surface area (Å²) in [5.41, 5.74) is 2.03. The van der Waals surface area contributed by atoms with Gasteiger partial charge >= 0.3 is 5.97 Å². The molecule has 0 aliphatic rings. The van der Waals surface area contributed by atoms with E-state index in [0.29, 0.717) is 16.1 Å². The maximum atomic E-state index is 11.1. The standard InChI is InChI=1S/C11H10ClNO2/c1-7-3-8(6-13)4-10(12)9(7)5-11(14)15-2/h3-4H,5H2,1-2H3. The molecule has 1 rings (SSSR count). The summed E-state index contributed by atoms with van der Waals surface area (Å²) in [6, 6.07) is 5.25. The molecule has 4 heteroatoms. The van der Waals surface area contributed by atoms with E-state index in [1.54, 1.807) is 12.1 Å². The first kappa shape index (κ1) is 11.5. The lowest BCUT2D eigenvalue weighted by atomic mass is 10.0. The Morgan fingerprint density at radius 2 is 2.27 bits per heavy atom. The Balaban J connectivity index is 3.10. The van der Waals surface area contributed by atoms with Crippen molar-refractivity contribution in [2.75, 3.05) is 7.11 Å². The molecule has 1 aromatic rings. The van der Waals surface area contributed by atoms with E-state index in [2.05, 4.69) is 4.74 Å². The van der Waals surface area contributed by atoms with Crippen molar-refractivity contribution < 1.29 is 9.53 Å². The van der Waals surface area contributed by atoms with Crippen LogP contribution in [0, 0.1) is 18.3 Å². The van der Waals surface area contributed by atoms with Crippen molar-refractivity contribution in [1.29, 1.82) is 5.26 Å². The second kappa shape index (κ2) is 4.81. The Morgan fingerprint density at radius 3 is 2.73 bits per heavy atom. The number of hydrogen-bond donors (Lipinski definition) is 0. The number of halogens is 1. The molecule has 0 N–H and O–H groups in total. The van der Waals surface area contributed by atoms with Crippen LogP contribution in [0.3, 0.4) is 0 Å². The van der Waals surface area contributed by atoms with Crippen molar-refractivity contribution >= 4 is 17.6 Å². The maximum absolute atomic E-state index is 11.1. The monoisotopic (exact) mass is 223 g/mol. The molecule has 0 saturated carbocycles.